The van der Waals surface area contributed by atoms with Gasteiger partial charge >= 0.3 is 5.97 Å². The summed E-state index contributed by atoms with van der Waals surface area (Å²) in [7, 11) is 0. The fourth-order valence-electron chi connectivity index (χ4n) is 1.72. The molecule has 82 valence electrons. The van der Waals surface area contributed by atoms with Crippen LogP contribution in [-0.2, 0) is 11.3 Å². The molecule has 1 aliphatic rings. The summed E-state index contributed by atoms with van der Waals surface area (Å²) in [6.45, 7) is 1.96. The zero-order valence-corrected chi connectivity index (χ0v) is 8.32. The minimum Gasteiger partial charge on any atom is -0.481 e. The Bertz CT molecular complexity index is 330. The highest BCUT2D eigenvalue weighted by molar-refractivity contribution is 5.68. The third-order valence-electron chi connectivity index (χ3n) is 2.63. The number of rotatable bonds is 5. The molecule has 0 aliphatic carbocycles. The van der Waals surface area contributed by atoms with Gasteiger partial charge in [-0.15, -0.1) is 0 Å². The Hall–Kier alpha value is -1.33. The van der Waals surface area contributed by atoms with Gasteiger partial charge in [-0.3, -0.25) is 4.79 Å². The summed E-state index contributed by atoms with van der Waals surface area (Å²) in [6, 6.07) is 3.69. The first-order valence-corrected chi connectivity index (χ1v) is 4.90. The molecule has 2 heterocycles. The van der Waals surface area contributed by atoms with Gasteiger partial charge in [0.15, 0.2) is 0 Å². The molecule has 15 heavy (non-hydrogen) atoms. The Morgan fingerprint density at radius 3 is 2.93 bits per heavy atom. The summed E-state index contributed by atoms with van der Waals surface area (Å²) in [4.78, 5) is 10.7. The van der Waals surface area contributed by atoms with E-state index in [1.54, 1.807) is 6.26 Å². The van der Waals surface area contributed by atoms with Crippen molar-refractivity contribution < 1.29 is 14.3 Å². The summed E-state index contributed by atoms with van der Waals surface area (Å²) in [5.74, 6) is 0.0510. The van der Waals surface area contributed by atoms with Crippen LogP contribution in [0.15, 0.2) is 22.8 Å². The van der Waals surface area contributed by atoms with Crippen molar-refractivity contribution in [1.82, 2.24) is 10.6 Å². The van der Waals surface area contributed by atoms with Gasteiger partial charge in [-0.2, -0.15) is 0 Å². The molecule has 1 saturated heterocycles. The van der Waals surface area contributed by atoms with Gasteiger partial charge in [0, 0.05) is 13.1 Å². The molecule has 0 atom stereocenters. The Labute approximate surface area is 87.5 Å². The summed E-state index contributed by atoms with van der Waals surface area (Å²) in [5, 5.41) is 15.1. The van der Waals surface area contributed by atoms with Crippen LogP contribution >= 0.6 is 0 Å². The van der Waals surface area contributed by atoms with Crippen LogP contribution < -0.4 is 10.6 Å². The third kappa shape index (κ3) is 2.37. The second kappa shape index (κ2) is 4.04. The van der Waals surface area contributed by atoms with Gasteiger partial charge in [-0.05, 0) is 12.1 Å². The highest BCUT2D eigenvalue weighted by Crippen LogP contribution is 2.17. The summed E-state index contributed by atoms with van der Waals surface area (Å²) >= 11 is 0. The van der Waals surface area contributed by atoms with Crippen LogP contribution in [-0.4, -0.2) is 29.7 Å². The fraction of sp³-hybridized carbons (Fsp3) is 0.500. The van der Waals surface area contributed by atoms with Crippen molar-refractivity contribution in [2.24, 2.45) is 0 Å². The summed E-state index contributed by atoms with van der Waals surface area (Å²) in [6.07, 6.45) is 1.75. The Kier molecular flexibility index (Phi) is 2.75. The minimum absolute atomic E-state index is 0.140. The van der Waals surface area contributed by atoms with Crippen molar-refractivity contribution >= 4 is 5.97 Å². The topological polar surface area (TPSA) is 74.5 Å². The average Bonchev–Trinajstić information content (AvgIpc) is 2.61. The quantitative estimate of drug-likeness (QED) is 0.646. The first kappa shape index (κ1) is 10.2. The van der Waals surface area contributed by atoms with E-state index in [0.717, 1.165) is 5.76 Å². The normalized spacial score (nSPS) is 18.4. The van der Waals surface area contributed by atoms with E-state index in [9.17, 15) is 4.79 Å². The van der Waals surface area contributed by atoms with Crippen LogP contribution in [0.4, 0.5) is 0 Å². The van der Waals surface area contributed by atoms with Crippen LogP contribution in [0.3, 0.4) is 0 Å². The zero-order valence-electron chi connectivity index (χ0n) is 8.32. The summed E-state index contributed by atoms with van der Waals surface area (Å²) in [5.41, 5.74) is -0.307. The standard InChI is InChI=1S/C10H14N2O3/c13-9(14)4-10(6-11-7-10)12-5-8-2-1-3-15-8/h1-3,11-12H,4-7H2,(H,13,14). The van der Waals surface area contributed by atoms with Crippen molar-refractivity contribution in [3.8, 4) is 0 Å². The lowest BCUT2D eigenvalue weighted by molar-refractivity contribution is -0.139. The molecular weight excluding hydrogens is 196 g/mol. The molecule has 1 aliphatic heterocycles. The molecule has 5 heteroatoms. The van der Waals surface area contributed by atoms with Crippen molar-refractivity contribution in [1.29, 1.82) is 0 Å². The molecule has 0 saturated carbocycles. The van der Waals surface area contributed by atoms with Crippen molar-refractivity contribution in [3.63, 3.8) is 0 Å². The van der Waals surface area contributed by atoms with E-state index < -0.39 is 5.97 Å². The van der Waals surface area contributed by atoms with Gasteiger partial charge in [0.1, 0.15) is 5.76 Å². The zero-order chi connectivity index (χ0) is 10.7. The molecule has 0 amide bonds. The number of hydrogen-bond donors (Lipinski definition) is 3. The predicted molar refractivity (Wildman–Crippen MR) is 53.4 cm³/mol. The highest BCUT2D eigenvalue weighted by atomic mass is 16.4. The number of nitrogens with one attached hydrogen (secondary N) is 2. The van der Waals surface area contributed by atoms with E-state index in [1.807, 2.05) is 12.1 Å². The number of carbonyl (C=O) groups is 1. The molecule has 0 spiro atoms. The first-order chi connectivity index (χ1) is 7.20. The monoisotopic (exact) mass is 210 g/mol. The molecular formula is C10H14N2O3. The van der Waals surface area contributed by atoms with Crippen LogP contribution in [0.2, 0.25) is 0 Å². The lowest BCUT2D eigenvalue weighted by atomic mass is 9.88. The fourth-order valence-corrected chi connectivity index (χ4v) is 1.72. The Balaban J connectivity index is 1.88. The molecule has 1 aromatic heterocycles. The molecule has 0 radical (unpaired) electrons. The molecule has 0 aromatic carbocycles. The third-order valence-corrected chi connectivity index (χ3v) is 2.63. The maximum absolute atomic E-state index is 10.7. The molecule has 2 rings (SSSR count). The van der Waals surface area contributed by atoms with Gasteiger partial charge in [0.05, 0.1) is 24.8 Å². The van der Waals surface area contributed by atoms with Gasteiger partial charge in [-0.25, -0.2) is 0 Å². The van der Waals surface area contributed by atoms with Gasteiger partial charge < -0.3 is 20.2 Å². The summed E-state index contributed by atoms with van der Waals surface area (Å²) < 4.78 is 5.17. The average molecular weight is 210 g/mol. The second-order valence-corrected chi connectivity index (χ2v) is 3.89. The lowest BCUT2D eigenvalue weighted by Crippen LogP contribution is -2.68. The van der Waals surface area contributed by atoms with E-state index in [-0.39, 0.29) is 12.0 Å². The maximum Gasteiger partial charge on any atom is 0.305 e. The number of carboxylic acids is 1. The van der Waals surface area contributed by atoms with Crippen molar-refractivity contribution in [3.05, 3.63) is 24.2 Å². The maximum atomic E-state index is 10.7. The molecule has 3 N–H and O–H groups in total. The molecule has 0 unspecified atom stereocenters. The number of carboxylic acid groups (broad SMARTS) is 1. The first-order valence-electron chi connectivity index (χ1n) is 4.90. The lowest BCUT2D eigenvalue weighted by Gasteiger charge is -2.42. The van der Waals surface area contributed by atoms with E-state index in [1.165, 1.54) is 0 Å². The molecule has 0 bridgehead atoms. The van der Waals surface area contributed by atoms with Crippen molar-refractivity contribution in [2.75, 3.05) is 13.1 Å². The van der Waals surface area contributed by atoms with Crippen LogP contribution in [0, 0.1) is 0 Å². The number of furan rings is 1. The predicted octanol–water partition coefficient (Wildman–Crippen LogP) is 0.186. The largest absolute Gasteiger partial charge is 0.481 e. The molecule has 5 nitrogen and oxygen atoms in total. The minimum atomic E-state index is -0.775. The Morgan fingerprint density at radius 1 is 1.67 bits per heavy atom. The van der Waals surface area contributed by atoms with Crippen molar-refractivity contribution in [2.45, 2.75) is 18.5 Å². The number of aliphatic carboxylic acids is 1. The van der Waals surface area contributed by atoms with E-state index in [0.29, 0.717) is 19.6 Å². The highest BCUT2D eigenvalue weighted by Gasteiger charge is 2.38. The van der Waals surface area contributed by atoms with Gasteiger partial charge in [0.2, 0.25) is 0 Å². The smallest absolute Gasteiger partial charge is 0.305 e. The molecule has 1 aromatic rings. The van der Waals surface area contributed by atoms with Gasteiger partial charge in [0.25, 0.3) is 0 Å². The van der Waals surface area contributed by atoms with E-state index >= 15 is 0 Å². The molecule has 1 fully saturated rings. The number of hydrogen-bond acceptors (Lipinski definition) is 4. The van der Waals surface area contributed by atoms with E-state index in [4.69, 9.17) is 9.52 Å². The van der Waals surface area contributed by atoms with Crippen LogP contribution in [0.1, 0.15) is 12.2 Å². The second-order valence-electron chi connectivity index (χ2n) is 3.89. The van der Waals surface area contributed by atoms with Crippen LogP contribution in [0.5, 0.6) is 0 Å². The SMILES string of the molecule is O=C(O)CC1(NCc2ccco2)CNC1. The van der Waals surface area contributed by atoms with Gasteiger partial charge in [-0.1, -0.05) is 0 Å². The Morgan fingerprint density at radius 2 is 2.47 bits per heavy atom. The van der Waals surface area contributed by atoms with Crippen LogP contribution in [0.25, 0.3) is 0 Å². The van der Waals surface area contributed by atoms with E-state index in [2.05, 4.69) is 10.6 Å².